The van der Waals surface area contributed by atoms with E-state index >= 15 is 0 Å². The molecule has 0 fully saturated rings. The van der Waals surface area contributed by atoms with E-state index in [0.29, 0.717) is 10.9 Å². The molecular weight excluding hydrogens is 347 g/mol. The molecule has 0 amide bonds. The minimum absolute atomic E-state index is 0.0302. The molecule has 0 aliphatic carbocycles. The second-order valence-corrected chi connectivity index (χ2v) is 6.06. The highest BCUT2D eigenvalue weighted by Gasteiger charge is 2.39. The number of pyridine rings is 1. The van der Waals surface area contributed by atoms with E-state index in [-0.39, 0.29) is 23.3 Å². The Labute approximate surface area is 145 Å². The van der Waals surface area contributed by atoms with E-state index < -0.39 is 29.2 Å². The molecule has 132 valence electrons. The van der Waals surface area contributed by atoms with Crippen LogP contribution in [0.3, 0.4) is 0 Å². The molecule has 1 aromatic heterocycles. The van der Waals surface area contributed by atoms with Crippen LogP contribution < -0.4 is 10.3 Å². The van der Waals surface area contributed by atoms with E-state index in [1.54, 1.807) is 24.3 Å². The first-order valence-electron chi connectivity index (χ1n) is 7.88. The molecule has 1 aliphatic heterocycles. The summed E-state index contributed by atoms with van der Waals surface area (Å²) in [6, 6.07) is 11.7. The minimum Gasteiger partial charge on any atom is -0.425 e. The van der Waals surface area contributed by atoms with E-state index in [2.05, 4.69) is 4.98 Å². The normalized spacial score (nSPS) is 17.0. The van der Waals surface area contributed by atoms with Crippen LogP contribution in [0.25, 0.3) is 10.9 Å². The largest absolute Gasteiger partial charge is 0.425 e. The Morgan fingerprint density at radius 3 is 2.46 bits per heavy atom. The second-order valence-electron chi connectivity index (χ2n) is 6.06. The van der Waals surface area contributed by atoms with Crippen LogP contribution in [0.5, 0.6) is 5.75 Å². The van der Waals surface area contributed by atoms with Crippen molar-refractivity contribution in [2.24, 2.45) is 0 Å². The van der Waals surface area contributed by atoms with Crippen molar-refractivity contribution in [1.82, 2.24) is 4.98 Å². The van der Waals surface area contributed by atoms with Gasteiger partial charge in [0.1, 0.15) is 5.75 Å². The van der Waals surface area contributed by atoms with Crippen LogP contribution in [0.4, 0.5) is 13.2 Å². The molecule has 4 rings (SSSR count). The number of para-hydroxylation sites is 1. The van der Waals surface area contributed by atoms with Crippen LogP contribution >= 0.6 is 0 Å². The molecule has 2 heterocycles. The first-order valence-corrected chi connectivity index (χ1v) is 7.88. The smallest absolute Gasteiger partial charge is 0.416 e. The number of aromatic amines is 1. The standard InChI is InChI=1S/C19H12F3NO3/c20-19(21,22)13-7-3-1-5-10(13)12-9-15(24)26-17-11-6-2-4-8-14(11)23-18(25)16(12)17/h1-8,12H,9H2,(H,23,25)/t12-/m1/s1. The zero-order chi connectivity index (χ0) is 18.5. The number of H-pyrrole nitrogens is 1. The van der Waals surface area contributed by atoms with Gasteiger partial charge in [-0.3, -0.25) is 9.59 Å². The Kier molecular flexibility index (Phi) is 3.61. The Hall–Kier alpha value is -3.09. The van der Waals surface area contributed by atoms with Gasteiger partial charge in [-0.2, -0.15) is 13.2 Å². The van der Waals surface area contributed by atoms with Crippen molar-refractivity contribution in [2.45, 2.75) is 18.5 Å². The lowest BCUT2D eigenvalue weighted by molar-refractivity contribution is -0.140. The number of ether oxygens (including phenoxy) is 1. The molecule has 4 nitrogen and oxygen atoms in total. The van der Waals surface area contributed by atoms with Crippen LogP contribution in [0.15, 0.2) is 53.3 Å². The van der Waals surface area contributed by atoms with Crippen molar-refractivity contribution >= 4 is 16.9 Å². The van der Waals surface area contributed by atoms with Gasteiger partial charge in [0.15, 0.2) is 0 Å². The Morgan fingerprint density at radius 2 is 1.69 bits per heavy atom. The fraction of sp³-hybridized carbons (Fsp3) is 0.158. The third kappa shape index (κ3) is 2.56. The minimum atomic E-state index is -4.60. The van der Waals surface area contributed by atoms with E-state index in [1.807, 2.05) is 0 Å². The van der Waals surface area contributed by atoms with Gasteiger partial charge < -0.3 is 9.72 Å². The van der Waals surface area contributed by atoms with E-state index in [1.165, 1.54) is 18.2 Å². The molecule has 26 heavy (non-hydrogen) atoms. The number of hydrogen-bond donors (Lipinski definition) is 1. The van der Waals surface area contributed by atoms with Gasteiger partial charge in [-0.1, -0.05) is 30.3 Å². The topological polar surface area (TPSA) is 59.2 Å². The van der Waals surface area contributed by atoms with Crippen molar-refractivity contribution in [1.29, 1.82) is 0 Å². The summed E-state index contributed by atoms with van der Waals surface area (Å²) in [4.78, 5) is 27.4. The van der Waals surface area contributed by atoms with Gasteiger partial charge in [0.25, 0.3) is 5.56 Å². The predicted molar refractivity (Wildman–Crippen MR) is 88.1 cm³/mol. The van der Waals surface area contributed by atoms with Crippen molar-refractivity contribution in [3.63, 3.8) is 0 Å². The van der Waals surface area contributed by atoms with Crippen LogP contribution in [0.1, 0.15) is 29.0 Å². The first kappa shape index (κ1) is 16.4. The van der Waals surface area contributed by atoms with E-state index in [9.17, 15) is 22.8 Å². The molecule has 1 N–H and O–H groups in total. The number of benzene rings is 2. The third-order valence-corrected chi connectivity index (χ3v) is 4.49. The maximum absolute atomic E-state index is 13.4. The van der Waals surface area contributed by atoms with Gasteiger partial charge in [0.2, 0.25) is 0 Å². The number of carbonyl (C=O) groups excluding carboxylic acids is 1. The van der Waals surface area contributed by atoms with Crippen LogP contribution in [-0.2, 0) is 11.0 Å². The highest BCUT2D eigenvalue weighted by Crippen LogP contribution is 2.44. The van der Waals surface area contributed by atoms with Gasteiger partial charge in [-0.05, 0) is 23.8 Å². The summed E-state index contributed by atoms with van der Waals surface area (Å²) in [6.45, 7) is 0. The third-order valence-electron chi connectivity index (χ3n) is 4.49. The fourth-order valence-corrected chi connectivity index (χ4v) is 3.40. The average Bonchev–Trinajstić information content (AvgIpc) is 2.60. The number of aromatic nitrogens is 1. The van der Waals surface area contributed by atoms with Crippen molar-refractivity contribution in [3.8, 4) is 5.75 Å². The zero-order valence-electron chi connectivity index (χ0n) is 13.3. The van der Waals surface area contributed by atoms with Crippen LogP contribution in [-0.4, -0.2) is 11.0 Å². The number of hydrogen-bond acceptors (Lipinski definition) is 3. The lowest BCUT2D eigenvalue weighted by atomic mass is 9.83. The summed E-state index contributed by atoms with van der Waals surface area (Å²) in [7, 11) is 0. The summed E-state index contributed by atoms with van der Waals surface area (Å²) in [5.74, 6) is -1.67. The summed E-state index contributed by atoms with van der Waals surface area (Å²) in [6.07, 6.45) is -4.93. The molecule has 0 saturated heterocycles. The Balaban J connectivity index is 2.02. The molecule has 0 spiro atoms. The van der Waals surface area contributed by atoms with Crippen molar-refractivity contribution in [2.75, 3.05) is 0 Å². The monoisotopic (exact) mass is 359 g/mol. The maximum Gasteiger partial charge on any atom is 0.416 e. The Bertz CT molecular complexity index is 1090. The number of fused-ring (bicyclic) bond motifs is 3. The number of alkyl halides is 3. The van der Waals surface area contributed by atoms with Gasteiger partial charge in [0, 0.05) is 11.3 Å². The second kappa shape index (κ2) is 5.72. The number of esters is 1. The number of nitrogens with one attached hydrogen (secondary N) is 1. The quantitative estimate of drug-likeness (QED) is 0.669. The molecule has 0 radical (unpaired) electrons. The lowest BCUT2D eigenvalue weighted by Crippen LogP contribution is -2.29. The average molecular weight is 359 g/mol. The predicted octanol–water partition coefficient (Wildman–Crippen LogP) is 3.99. The molecule has 7 heteroatoms. The molecule has 0 bridgehead atoms. The number of carbonyl (C=O) groups is 1. The Morgan fingerprint density at radius 1 is 1.00 bits per heavy atom. The zero-order valence-corrected chi connectivity index (χ0v) is 13.3. The number of rotatable bonds is 1. The maximum atomic E-state index is 13.4. The molecule has 0 saturated carbocycles. The lowest BCUT2D eigenvalue weighted by Gasteiger charge is -2.27. The van der Waals surface area contributed by atoms with Gasteiger partial charge in [-0.25, -0.2) is 0 Å². The molecule has 3 aromatic rings. The summed E-state index contributed by atoms with van der Waals surface area (Å²) < 4.78 is 45.5. The molecule has 2 aromatic carbocycles. The van der Waals surface area contributed by atoms with Crippen LogP contribution in [0, 0.1) is 0 Å². The highest BCUT2D eigenvalue weighted by atomic mass is 19.4. The molecule has 0 unspecified atom stereocenters. The van der Waals surface area contributed by atoms with Crippen molar-refractivity contribution in [3.05, 3.63) is 75.6 Å². The van der Waals surface area contributed by atoms with Crippen LogP contribution in [0.2, 0.25) is 0 Å². The van der Waals surface area contributed by atoms with Crippen molar-refractivity contribution < 1.29 is 22.7 Å². The first-order chi connectivity index (χ1) is 12.4. The number of halogens is 3. The van der Waals surface area contributed by atoms with E-state index in [0.717, 1.165) is 6.07 Å². The molecule has 1 aliphatic rings. The summed E-state index contributed by atoms with van der Waals surface area (Å²) in [5.41, 5.74) is -1.04. The summed E-state index contributed by atoms with van der Waals surface area (Å²) in [5, 5.41) is 0.477. The summed E-state index contributed by atoms with van der Waals surface area (Å²) >= 11 is 0. The fourth-order valence-electron chi connectivity index (χ4n) is 3.40. The van der Waals surface area contributed by atoms with Gasteiger partial charge in [0.05, 0.1) is 23.1 Å². The molecule has 1 atom stereocenters. The van der Waals surface area contributed by atoms with Gasteiger partial charge in [-0.15, -0.1) is 0 Å². The van der Waals surface area contributed by atoms with E-state index in [4.69, 9.17) is 4.74 Å². The van der Waals surface area contributed by atoms with Gasteiger partial charge >= 0.3 is 12.1 Å². The highest BCUT2D eigenvalue weighted by molar-refractivity contribution is 5.91. The molecular formula is C19H12F3NO3. The SMILES string of the molecule is O=C1C[C@H](c2ccccc2C(F)(F)F)c2c(c3ccccc3[nH]c2=O)O1.